The molecule has 2 aromatic rings. The summed E-state index contributed by atoms with van der Waals surface area (Å²) in [6.07, 6.45) is 1.62. The molecule has 0 unspecified atom stereocenters. The van der Waals surface area contributed by atoms with Gasteiger partial charge in [-0.25, -0.2) is 9.37 Å². The zero-order chi connectivity index (χ0) is 13.1. The molecule has 0 aliphatic carbocycles. The van der Waals surface area contributed by atoms with Gasteiger partial charge in [0, 0.05) is 23.7 Å². The first-order valence-electron chi connectivity index (χ1n) is 4.83. The van der Waals surface area contributed by atoms with Crippen molar-refractivity contribution in [2.24, 2.45) is 0 Å². The van der Waals surface area contributed by atoms with Crippen LogP contribution in [0.4, 0.5) is 15.8 Å². The molecule has 1 heterocycles. The molecule has 0 saturated heterocycles. The van der Waals surface area contributed by atoms with Crippen molar-refractivity contribution in [1.29, 1.82) is 0 Å². The van der Waals surface area contributed by atoms with Crippen LogP contribution in [0.15, 0.2) is 23.7 Å². The highest BCUT2D eigenvalue weighted by atomic mass is 35.5. The summed E-state index contributed by atoms with van der Waals surface area (Å²) in [5, 5.41) is 15.8. The van der Waals surface area contributed by atoms with Crippen molar-refractivity contribution in [3.05, 3.63) is 49.7 Å². The van der Waals surface area contributed by atoms with Crippen LogP contribution in [0.2, 0.25) is 5.02 Å². The monoisotopic (exact) mass is 287 g/mol. The van der Waals surface area contributed by atoms with E-state index >= 15 is 0 Å². The molecule has 0 aliphatic rings. The predicted molar refractivity (Wildman–Crippen MR) is 67.5 cm³/mol. The molecule has 1 aromatic heterocycles. The van der Waals surface area contributed by atoms with Gasteiger partial charge in [0.15, 0.2) is 0 Å². The molecule has 18 heavy (non-hydrogen) atoms. The van der Waals surface area contributed by atoms with Gasteiger partial charge >= 0.3 is 0 Å². The maximum atomic E-state index is 13.3. The van der Waals surface area contributed by atoms with Gasteiger partial charge in [-0.15, -0.1) is 11.3 Å². The van der Waals surface area contributed by atoms with E-state index in [-0.39, 0.29) is 16.4 Å². The topological polar surface area (TPSA) is 68.1 Å². The normalized spacial score (nSPS) is 10.3. The Balaban J connectivity index is 2.25. The molecular formula is C10H7ClFN3O2S. The number of halogens is 2. The molecule has 0 radical (unpaired) electrons. The Hall–Kier alpha value is -1.73. The zero-order valence-electron chi connectivity index (χ0n) is 8.89. The Morgan fingerprint density at radius 2 is 2.33 bits per heavy atom. The summed E-state index contributed by atoms with van der Waals surface area (Å²) in [6, 6.07) is 2.00. The predicted octanol–water partition coefficient (Wildman–Crippen LogP) is 3.46. The van der Waals surface area contributed by atoms with Gasteiger partial charge in [-0.2, -0.15) is 0 Å². The van der Waals surface area contributed by atoms with E-state index in [4.69, 9.17) is 11.6 Å². The van der Waals surface area contributed by atoms with Gasteiger partial charge in [0.2, 0.25) is 0 Å². The van der Waals surface area contributed by atoms with Crippen molar-refractivity contribution < 1.29 is 9.31 Å². The van der Waals surface area contributed by atoms with Crippen molar-refractivity contribution in [2.75, 3.05) is 5.32 Å². The Morgan fingerprint density at radius 1 is 1.56 bits per heavy atom. The van der Waals surface area contributed by atoms with E-state index in [0.29, 0.717) is 6.54 Å². The number of thiazole rings is 1. The van der Waals surface area contributed by atoms with Gasteiger partial charge in [0.25, 0.3) is 5.69 Å². The molecule has 0 aliphatic heterocycles. The number of aromatic nitrogens is 1. The Bertz CT molecular complexity index is 577. The van der Waals surface area contributed by atoms with Crippen LogP contribution in [0, 0.1) is 15.9 Å². The summed E-state index contributed by atoms with van der Waals surface area (Å²) >= 11 is 6.91. The highest BCUT2D eigenvalue weighted by Gasteiger charge is 2.17. The van der Waals surface area contributed by atoms with Gasteiger partial charge in [-0.05, 0) is 0 Å². The van der Waals surface area contributed by atoms with Gasteiger partial charge in [-0.3, -0.25) is 10.1 Å². The van der Waals surface area contributed by atoms with Gasteiger partial charge in [0.1, 0.15) is 16.5 Å². The van der Waals surface area contributed by atoms with Crippen LogP contribution in [-0.2, 0) is 6.54 Å². The minimum absolute atomic E-state index is 0.0806. The number of nitro benzene ring substituents is 1. The summed E-state index contributed by atoms with van der Waals surface area (Å²) in [7, 11) is 0. The molecular weight excluding hydrogens is 281 g/mol. The first kappa shape index (κ1) is 12.7. The first-order chi connectivity index (χ1) is 8.58. The smallest absolute Gasteiger partial charge is 0.294 e. The van der Waals surface area contributed by atoms with E-state index < -0.39 is 10.7 Å². The van der Waals surface area contributed by atoms with Gasteiger partial charge < -0.3 is 5.32 Å². The fraction of sp³-hybridized carbons (Fsp3) is 0.100. The van der Waals surface area contributed by atoms with Crippen LogP contribution >= 0.6 is 22.9 Å². The van der Waals surface area contributed by atoms with Crippen LogP contribution in [0.1, 0.15) is 5.01 Å². The highest BCUT2D eigenvalue weighted by molar-refractivity contribution is 7.09. The molecule has 1 aromatic carbocycles. The second kappa shape index (κ2) is 5.28. The Morgan fingerprint density at radius 3 is 2.94 bits per heavy atom. The number of anilines is 1. The largest absolute Gasteiger partial charge is 0.373 e. The quantitative estimate of drug-likeness (QED) is 0.691. The van der Waals surface area contributed by atoms with Crippen LogP contribution in [0.25, 0.3) is 0 Å². The zero-order valence-corrected chi connectivity index (χ0v) is 10.5. The van der Waals surface area contributed by atoms with Crippen LogP contribution in [-0.4, -0.2) is 9.91 Å². The molecule has 8 heteroatoms. The summed E-state index contributed by atoms with van der Waals surface area (Å²) in [6.45, 7) is 0.291. The average molecular weight is 288 g/mol. The SMILES string of the molecule is O=[N+]([O-])c1cc(Cl)c(F)cc1NCc1nccs1. The Kier molecular flexibility index (Phi) is 3.73. The highest BCUT2D eigenvalue weighted by Crippen LogP contribution is 2.30. The number of hydrogen-bond donors (Lipinski definition) is 1. The molecule has 0 saturated carbocycles. The maximum Gasteiger partial charge on any atom is 0.294 e. The number of nitrogens with zero attached hydrogens (tertiary/aromatic N) is 2. The standard InChI is InChI=1S/C10H7ClFN3O2S/c11-6-3-9(15(16)17)8(4-7(6)12)14-5-10-13-1-2-18-10/h1-4,14H,5H2. The van der Waals surface area contributed by atoms with E-state index in [1.165, 1.54) is 11.3 Å². The second-order valence-corrected chi connectivity index (χ2v) is 4.71. The lowest BCUT2D eigenvalue weighted by atomic mass is 10.2. The molecule has 0 atom stereocenters. The van der Waals surface area contributed by atoms with Crippen molar-refractivity contribution in [2.45, 2.75) is 6.54 Å². The molecule has 0 bridgehead atoms. The number of hydrogen-bond acceptors (Lipinski definition) is 5. The van der Waals surface area contributed by atoms with Crippen LogP contribution in [0.3, 0.4) is 0 Å². The van der Waals surface area contributed by atoms with Crippen molar-refractivity contribution >= 4 is 34.3 Å². The fourth-order valence-corrected chi connectivity index (χ4v) is 2.05. The van der Waals surface area contributed by atoms with Gasteiger partial charge in [-0.1, -0.05) is 11.6 Å². The van der Waals surface area contributed by atoms with E-state index in [9.17, 15) is 14.5 Å². The molecule has 0 spiro atoms. The molecule has 2 rings (SSSR count). The van der Waals surface area contributed by atoms with Crippen molar-refractivity contribution in [3.63, 3.8) is 0 Å². The summed E-state index contributed by atoms with van der Waals surface area (Å²) in [4.78, 5) is 14.2. The molecule has 0 amide bonds. The Labute approximate surface area is 110 Å². The third-order valence-electron chi connectivity index (χ3n) is 2.15. The molecule has 94 valence electrons. The van der Waals surface area contributed by atoms with E-state index in [1.54, 1.807) is 11.6 Å². The maximum absolute atomic E-state index is 13.3. The van der Waals surface area contributed by atoms with E-state index in [2.05, 4.69) is 10.3 Å². The average Bonchev–Trinajstić information content (AvgIpc) is 2.83. The minimum Gasteiger partial charge on any atom is -0.373 e. The molecule has 5 nitrogen and oxygen atoms in total. The fourth-order valence-electron chi connectivity index (χ4n) is 1.34. The summed E-state index contributed by atoms with van der Waals surface area (Å²) in [5.41, 5.74) is -0.185. The van der Waals surface area contributed by atoms with E-state index in [0.717, 1.165) is 17.1 Å². The lowest BCUT2D eigenvalue weighted by Crippen LogP contribution is -2.03. The second-order valence-electron chi connectivity index (χ2n) is 3.32. The van der Waals surface area contributed by atoms with Crippen molar-refractivity contribution in [3.8, 4) is 0 Å². The number of rotatable bonds is 4. The third-order valence-corrected chi connectivity index (χ3v) is 3.22. The lowest BCUT2D eigenvalue weighted by molar-refractivity contribution is -0.384. The first-order valence-corrected chi connectivity index (χ1v) is 6.09. The van der Waals surface area contributed by atoms with Gasteiger partial charge in [0.05, 0.1) is 16.5 Å². The number of benzene rings is 1. The van der Waals surface area contributed by atoms with Crippen LogP contribution in [0.5, 0.6) is 0 Å². The van der Waals surface area contributed by atoms with Crippen LogP contribution < -0.4 is 5.32 Å². The summed E-state index contributed by atoms with van der Waals surface area (Å²) < 4.78 is 13.3. The third kappa shape index (κ3) is 2.74. The number of nitro groups is 1. The summed E-state index contributed by atoms with van der Waals surface area (Å²) in [5.74, 6) is -0.705. The lowest BCUT2D eigenvalue weighted by Gasteiger charge is -2.06. The minimum atomic E-state index is -0.705. The van der Waals surface area contributed by atoms with Crippen molar-refractivity contribution in [1.82, 2.24) is 4.98 Å². The molecule has 0 fully saturated rings. The number of nitrogens with one attached hydrogen (secondary N) is 1. The van der Waals surface area contributed by atoms with E-state index in [1.807, 2.05) is 0 Å². The molecule has 1 N–H and O–H groups in total.